The van der Waals surface area contributed by atoms with Gasteiger partial charge in [0.1, 0.15) is 5.75 Å². The van der Waals surface area contributed by atoms with E-state index < -0.39 is 0 Å². The fourth-order valence-corrected chi connectivity index (χ4v) is 2.89. The number of benzene rings is 2. The van der Waals surface area contributed by atoms with Crippen LogP contribution in [0.3, 0.4) is 0 Å². The van der Waals surface area contributed by atoms with E-state index in [4.69, 9.17) is 10.5 Å². The van der Waals surface area contributed by atoms with Gasteiger partial charge >= 0.3 is 0 Å². The number of hydrazone groups is 1. The van der Waals surface area contributed by atoms with E-state index in [9.17, 15) is 9.59 Å². The maximum Gasteiger partial charge on any atom is 0.271 e. The van der Waals surface area contributed by atoms with Crippen molar-refractivity contribution in [2.75, 3.05) is 25.4 Å². The second kappa shape index (κ2) is 9.03. The van der Waals surface area contributed by atoms with Gasteiger partial charge in [-0.05, 0) is 73.9 Å². The molecular weight excluding hydrogens is 356 g/mol. The Bertz CT molecular complexity index is 854. The monoisotopic (exact) mass is 380 g/mol. The van der Waals surface area contributed by atoms with Gasteiger partial charge in [-0.1, -0.05) is 0 Å². The molecule has 0 spiro atoms. The molecule has 3 N–H and O–H groups in total. The topological polar surface area (TPSA) is 97.0 Å². The van der Waals surface area contributed by atoms with Crippen LogP contribution in [0.15, 0.2) is 53.6 Å². The van der Waals surface area contributed by atoms with Gasteiger partial charge in [0.25, 0.3) is 11.8 Å². The second-order valence-electron chi connectivity index (χ2n) is 6.66. The van der Waals surface area contributed by atoms with Crippen LogP contribution in [0, 0.1) is 0 Å². The minimum atomic E-state index is -0.306. The van der Waals surface area contributed by atoms with E-state index in [1.165, 1.54) is 0 Å². The summed E-state index contributed by atoms with van der Waals surface area (Å²) in [5.41, 5.74) is 10.7. The summed E-state index contributed by atoms with van der Waals surface area (Å²) in [5.74, 6) is 0.333. The molecule has 2 aromatic rings. The lowest BCUT2D eigenvalue weighted by Gasteiger charge is -2.15. The maximum atomic E-state index is 12.1. The zero-order chi connectivity index (χ0) is 19.9. The zero-order valence-corrected chi connectivity index (χ0v) is 15.9. The lowest BCUT2D eigenvalue weighted by Crippen LogP contribution is -2.32. The number of likely N-dealkylation sites (tertiary alicyclic amines) is 1. The van der Waals surface area contributed by atoms with Gasteiger partial charge in [-0.3, -0.25) is 9.59 Å². The van der Waals surface area contributed by atoms with Crippen LogP contribution in [0.5, 0.6) is 5.75 Å². The maximum absolute atomic E-state index is 12.1. The number of nitrogen functional groups attached to an aromatic ring is 1. The van der Waals surface area contributed by atoms with Crippen LogP contribution in [-0.2, 0) is 4.79 Å². The Balaban J connectivity index is 1.53. The summed E-state index contributed by atoms with van der Waals surface area (Å²) in [6.45, 7) is 3.48. The van der Waals surface area contributed by atoms with Gasteiger partial charge in [0.15, 0.2) is 6.61 Å². The third kappa shape index (κ3) is 5.09. The van der Waals surface area contributed by atoms with E-state index in [1.807, 2.05) is 17.0 Å². The van der Waals surface area contributed by atoms with E-state index in [2.05, 4.69) is 10.5 Å². The molecule has 2 aromatic carbocycles. The fourth-order valence-electron chi connectivity index (χ4n) is 2.89. The first-order valence-electron chi connectivity index (χ1n) is 9.24. The fraction of sp³-hybridized carbons (Fsp3) is 0.286. The van der Waals surface area contributed by atoms with Crippen LogP contribution in [0.4, 0.5) is 5.69 Å². The lowest BCUT2D eigenvalue weighted by molar-refractivity contribution is -0.132. The molecule has 7 heteroatoms. The minimum absolute atomic E-state index is 0.0182. The Morgan fingerprint density at radius 3 is 2.29 bits per heavy atom. The highest BCUT2D eigenvalue weighted by molar-refractivity contribution is 6.01. The van der Waals surface area contributed by atoms with Crippen LogP contribution in [-0.4, -0.2) is 42.1 Å². The third-order valence-corrected chi connectivity index (χ3v) is 4.59. The number of carbonyl (C=O) groups excluding carboxylic acids is 2. The molecule has 1 heterocycles. The van der Waals surface area contributed by atoms with Crippen molar-refractivity contribution >= 4 is 23.2 Å². The Labute approximate surface area is 164 Å². The zero-order valence-electron chi connectivity index (χ0n) is 15.9. The second-order valence-corrected chi connectivity index (χ2v) is 6.66. The van der Waals surface area contributed by atoms with Gasteiger partial charge in [-0.2, -0.15) is 5.10 Å². The first-order chi connectivity index (χ1) is 13.5. The average molecular weight is 380 g/mol. The van der Waals surface area contributed by atoms with Gasteiger partial charge in [-0.25, -0.2) is 5.43 Å². The minimum Gasteiger partial charge on any atom is -0.484 e. The predicted molar refractivity (Wildman–Crippen MR) is 108 cm³/mol. The van der Waals surface area contributed by atoms with Gasteiger partial charge in [0.2, 0.25) is 0 Å². The number of hydrogen-bond donors (Lipinski definition) is 2. The molecule has 7 nitrogen and oxygen atoms in total. The molecule has 0 unspecified atom stereocenters. The first-order valence-corrected chi connectivity index (χ1v) is 9.24. The normalized spacial score (nSPS) is 14.0. The molecule has 0 saturated carbocycles. The summed E-state index contributed by atoms with van der Waals surface area (Å²) >= 11 is 0. The molecule has 1 fully saturated rings. The Hall–Kier alpha value is -3.35. The van der Waals surface area contributed by atoms with Crippen LogP contribution in [0.2, 0.25) is 0 Å². The van der Waals surface area contributed by atoms with E-state index in [-0.39, 0.29) is 18.4 Å². The Morgan fingerprint density at radius 1 is 1.04 bits per heavy atom. The molecular formula is C21H24N4O3. The smallest absolute Gasteiger partial charge is 0.271 e. The number of hydrogen-bond acceptors (Lipinski definition) is 5. The summed E-state index contributed by atoms with van der Waals surface area (Å²) in [6, 6.07) is 13.9. The molecule has 146 valence electrons. The third-order valence-electron chi connectivity index (χ3n) is 4.59. The number of anilines is 1. The van der Waals surface area contributed by atoms with Crippen molar-refractivity contribution in [2.45, 2.75) is 19.8 Å². The molecule has 28 heavy (non-hydrogen) atoms. The summed E-state index contributed by atoms with van der Waals surface area (Å²) < 4.78 is 5.57. The highest BCUT2D eigenvalue weighted by Crippen LogP contribution is 2.14. The first kappa shape index (κ1) is 19.4. The summed E-state index contributed by atoms with van der Waals surface area (Å²) in [4.78, 5) is 25.9. The van der Waals surface area contributed by atoms with Crippen molar-refractivity contribution in [3.8, 4) is 5.75 Å². The van der Waals surface area contributed by atoms with E-state index in [0.29, 0.717) is 22.7 Å². The van der Waals surface area contributed by atoms with Crippen LogP contribution >= 0.6 is 0 Å². The van der Waals surface area contributed by atoms with Gasteiger partial charge in [0, 0.05) is 24.3 Å². The molecule has 1 aliphatic heterocycles. The standard InChI is InChI=1S/C21H24N4O3/c1-15(23-24-21(27)17-4-8-18(22)9-5-17)16-6-10-19(11-7-16)28-14-20(26)25-12-2-3-13-25/h4-11H,2-3,12-14,22H2,1H3,(H,24,27)/b23-15-. The highest BCUT2D eigenvalue weighted by Gasteiger charge is 2.18. The molecule has 0 aliphatic carbocycles. The number of rotatable bonds is 6. The Morgan fingerprint density at radius 2 is 1.64 bits per heavy atom. The molecule has 0 atom stereocenters. The molecule has 0 aromatic heterocycles. The van der Waals surface area contributed by atoms with Crippen molar-refractivity contribution in [3.05, 3.63) is 59.7 Å². The van der Waals surface area contributed by atoms with Crippen LogP contribution in [0.1, 0.15) is 35.7 Å². The quantitative estimate of drug-likeness (QED) is 0.457. The average Bonchev–Trinajstić information content (AvgIpc) is 3.26. The number of ether oxygens (including phenoxy) is 1. The van der Waals surface area contributed by atoms with Crippen molar-refractivity contribution < 1.29 is 14.3 Å². The summed E-state index contributed by atoms with van der Waals surface area (Å²) in [6.07, 6.45) is 2.13. The van der Waals surface area contributed by atoms with Gasteiger partial charge in [-0.15, -0.1) is 0 Å². The van der Waals surface area contributed by atoms with Crippen molar-refractivity contribution in [2.24, 2.45) is 5.10 Å². The van der Waals surface area contributed by atoms with Crippen LogP contribution in [0.25, 0.3) is 0 Å². The van der Waals surface area contributed by atoms with Crippen molar-refractivity contribution in [3.63, 3.8) is 0 Å². The van der Waals surface area contributed by atoms with E-state index in [0.717, 1.165) is 31.5 Å². The van der Waals surface area contributed by atoms with Crippen molar-refractivity contribution in [1.29, 1.82) is 0 Å². The molecule has 3 rings (SSSR count). The van der Waals surface area contributed by atoms with E-state index >= 15 is 0 Å². The number of amides is 2. The molecule has 1 saturated heterocycles. The Kier molecular flexibility index (Phi) is 6.26. The number of nitrogens with one attached hydrogen (secondary N) is 1. The van der Waals surface area contributed by atoms with Gasteiger partial charge in [0.05, 0.1) is 5.71 Å². The lowest BCUT2D eigenvalue weighted by atomic mass is 10.1. The largest absolute Gasteiger partial charge is 0.484 e. The number of nitrogens with two attached hydrogens (primary N) is 1. The van der Waals surface area contributed by atoms with Gasteiger partial charge < -0.3 is 15.4 Å². The molecule has 1 aliphatic rings. The van der Waals surface area contributed by atoms with Crippen molar-refractivity contribution in [1.82, 2.24) is 10.3 Å². The summed E-state index contributed by atoms with van der Waals surface area (Å²) in [7, 11) is 0. The summed E-state index contributed by atoms with van der Waals surface area (Å²) in [5, 5.41) is 4.13. The SMILES string of the molecule is C/C(=N/NC(=O)c1ccc(N)cc1)c1ccc(OCC(=O)N2CCCC2)cc1. The van der Waals surface area contributed by atoms with Crippen LogP contribution < -0.4 is 15.9 Å². The van der Waals surface area contributed by atoms with E-state index in [1.54, 1.807) is 43.3 Å². The number of nitrogens with zero attached hydrogens (tertiary/aromatic N) is 2. The number of carbonyl (C=O) groups is 2. The molecule has 0 radical (unpaired) electrons. The molecule has 0 bridgehead atoms. The highest BCUT2D eigenvalue weighted by atomic mass is 16.5. The molecule has 2 amide bonds. The predicted octanol–water partition coefficient (Wildman–Crippen LogP) is 2.42.